The summed E-state index contributed by atoms with van der Waals surface area (Å²) in [6, 6.07) is -5.62. The molecule has 6 atom stereocenters. The van der Waals surface area contributed by atoms with Gasteiger partial charge in [0, 0.05) is 6.54 Å². The predicted octanol–water partition coefficient (Wildman–Crippen LogP) is -3.14. The molecule has 0 spiro atoms. The summed E-state index contributed by atoms with van der Waals surface area (Å²) in [5.74, 6) is -5.24. The number of aliphatic hydroxyl groups excluding tert-OH is 1. The third-order valence-corrected chi connectivity index (χ3v) is 7.27. The molecule has 20 heteroatoms. The van der Waals surface area contributed by atoms with Crippen LogP contribution in [-0.2, 0) is 28.8 Å². The zero-order valence-electron chi connectivity index (χ0n) is 29.1. The van der Waals surface area contributed by atoms with Crippen LogP contribution in [0.15, 0.2) is 5.10 Å². The van der Waals surface area contributed by atoms with E-state index in [4.69, 9.17) is 17.2 Å². The fourth-order valence-corrected chi connectivity index (χ4v) is 4.45. The van der Waals surface area contributed by atoms with Crippen LogP contribution in [0.3, 0.4) is 0 Å². The van der Waals surface area contributed by atoms with E-state index < -0.39 is 95.7 Å². The van der Waals surface area contributed by atoms with Gasteiger partial charge in [0.2, 0.25) is 35.4 Å². The summed E-state index contributed by atoms with van der Waals surface area (Å²) in [7, 11) is 0. The molecule has 0 fully saturated rings. The van der Waals surface area contributed by atoms with Crippen molar-refractivity contribution in [2.45, 2.75) is 104 Å². The van der Waals surface area contributed by atoms with Crippen LogP contribution < -0.4 is 49.1 Å². The average molecular weight is 702 g/mol. The quantitative estimate of drug-likeness (QED) is 0.0166. The number of amides is 6. The second-order valence-corrected chi connectivity index (χ2v) is 12.6. The van der Waals surface area contributed by atoms with Crippen LogP contribution in [0.1, 0.15) is 73.6 Å². The van der Waals surface area contributed by atoms with E-state index in [0.717, 1.165) is 0 Å². The maximum atomic E-state index is 13.2. The number of nitrogens with one attached hydrogen (secondary N) is 6. The summed E-state index contributed by atoms with van der Waals surface area (Å²) >= 11 is 0. The second kappa shape index (κ2) is 22.9. The number of hydrogen-bond donors (Lipinski definition) is 10. The van der Waals surface area contributed by atoms with Crippen LogP contribution in [0, 0.1) is 27.9 Å². The van der Waals surface area contributed by atoms with Crippen molar-refractivity contribution in [1.82, 2.24) is 31.9 Å². The first-order valence-electron chi connectivity index (χ1n) is 16.2. The van der Waals surface area contributed by atoms with Gasteiger partial charge in [-0.25, -0.2) is 10.1 Å². The van der Waals surface area contributed by atoms with Crippen LogP contribution in [-0.4, -0.2) is 101 Å². The van der Waals surface area contributed by atoms with Crippen molar-refractivity contribution in [3.8, 4) is 0 Å². The molecule has 0 radical (unpaired) electrons. The van der Waals surface area contributed by atoms with Crippen molar-refractivity contribution in [2.75, 3.05) is 19.7 Å². The van der Waals surface area contributed by atoms with Crippen LogP contribution in [0.5, 0.6) is 0 Å². The van der Waals surface area contributed by atoms with E-state index in [1.54, 1.807) is 13.8 Å². The average Bonchev–Trinajstić information content (AvgIpc) is 3.01. The van der Waals surface area contributed by atoms with Crippen molar-refractivity contribution in [3.63, 3.8) is 0 Å². The topological polar surface area (TPSA) is 328 Å². The van der Waals surface area contributed by atoms with Gasteiger partial charge in [0.05, 0.1) is 13.2 Å². The number of nitro groups is 1. The lowest BCUT2D eigenvalue weighted by molar-refractivity contribution is -0.485. The Morgan fingerprint density at radius 2 is 1.35 bits per heavy atom. The molecule has 0 aliphatic rings. The number of guanidine groups is 1. The van der Waals surface area contributed by atoms with Crippen molar-refractivity contribution < 1.29 is 38.9 Å². The molecule has 0 aromatic carbocycles. The van der Waals surface area contributed by atoms with Gasteiger partial charge in [-0.2, -0.15) is 0 Å². The Bertz CT molecular complexity index is 1170. The predicted molar refractivity (Wildman–Crippen MR) is 179 cm³/mol. The molecule has 0 rings (SSSR count). The molecule has 0 aliphatic carbocycles. The van der Waals surface area contributed by atoms with Gasteiger partial charge < -0.3 is 54.2 Å². The highest BCUT2D eigenvalue weighted by Gasteiger charge is 2.32. The molecule has 13 N–H and O–H groups in total. The molecule has 0 aliphatic heterocycles. The molecule has 0 unspecified atom stereocenters. The summed E-state index contributed by atoms with van der Waals surface area (Å²) in [5, 5.41) is 36.7. The lowest BCUT2D eigenvalue weighted by Crippen LogP contribution is -2.58. The van der Waals surface area contributed by atoms with Gasteiger partial charge in [0.25, 0.3) is 5.96 Å². The molecule has 280 valence electrons. The standard InChI is InChI=1S/C29H55N11O9/c1-7-17(6)23(38-27(46)21(12-16(4)5)37-25(44)18(30)14-41)28(47)34-13-22(42)35-19(9-8-10-33-29(32)39-40(48)49)26(45)36-20(24(31)43)11-15(2)3/h15-21,23,41H,7-14,30H2,1-6H3,(H2,31,43)(H,34,47)(H,35,42)(H,36,45)(H,37,44)(H,38,46)(H3,32,33,39)/t17-,18-,19-,20-,21-,23-/m0/s1. The largest absolute Gasteiger partial charge is 0.394 e. The molecule has 0 saturated heterocycles. The Kier molecular flexibility index (Phi) is 20.7. The van der Waals surface area contributed by atoms with Crippen LogP contribution >= 0.6 is 0 Å². The van der Waals surface area contributed by atoms with E-state index in [-0.39, 0.29) is 44.1 Å². The lowest BCUT2D eigenvalue weighted by atomic mass is 9.96. The molecule has 20 nitrogen and oxygen atoms in total. The normalized spacial score (nSPS) is 15.2. The first-order chi connectivity index (χ1) is 22.8. The lowest BCUT2D eigenvalue weighted by Gasteiger charge is -2.27. The number of nitrogens with zero attached hydrogens (tertiary/aromatic N) is 2. The third kappa shape index (κ3) is 18.5. The van der Waals surface area contributed by atoms with E-state index >= 15 is 0 Å². The monoisotopic (exact) mass is 701 g/mol. The van der Waals surface area contributed by atoms with Crippen LogP contribution in [0.4, 0.5) is 0 Å². The smallest absolute Gasteiger partial charge is 0.266 e. The highest BCUT2D eigenvalue weighted by molar-refractivity contribution is 5.95. The molecule has 0 bridgehead atoms. The molecule has 0 aromatic heterocycles. The van der Waals surface area contributed by atoms with Crippen molar-refractivity contribution >= 4 is 41.4 Å². The summed E-state index contributed by atoms with van der Waals surface area (Å²) < 4.78 is 0. The first-order valence-corrected chi connectivity index (χ1v) is 16.2. The Morgan fingerprint density at radius 3 is 1.86 bits per heavy atom. The Labute approximate surface area is 286 Å². The molecule has 0 heterocycles. The van der Waals surface area contributed by atoms with E-state index in [9.17, 15) is 44.0 Å². The minimum atomic E-state index is -1.24. The van der Waals surface area contributed by atoms with Gasteiger partial charge in [-0.3, -0.25) is 28.8 Å². The highest BCUT2D eigenvalue weighted by atomic mass is 16.7. The Hall–Kier alpha value is -4.59. The maximum absolute atomic E-state index is 13.2. The number of carbonyl (C=O) groups is 6. The Balaban J connectivity index is 5.73. The van der Waals surface area contributed by atoms with E-state index in [1.165, 1.54) is 0 Å². The van der Waals surface area contributed by atoms with Crippen LogP contribution in [0.2, 0.25) is 0 Å². The molecule has 0 saturated carbocycles. The fourth-order valence-electron chi connectivity index (χ4n) is 4.45. The van der Waals surface area contributed by atoms with Gasteiger partial charge in [-0.05, 0) is 43.4 Å². The SMILES string of the molecule is CC[C@H](C)[C@H](NC(=O)[C@H](CC(C)C)NC(=O)[C@@H](N)CO)C(=O)NCC(=O)N[C@@H](CCCN/C(N)=N/[N+](=O)[O-])C(=O)N[C@@H](CC(C)C)C(N)=O. The van der Waals surface area contributed by atoms with Gasteiger partial charge in [-0.1, -0.05) is 48.0 Å². The van der Waals surface area contributed by atoms with Crippen molar-refractivity contribution in [2.24, 2.45) is 40.1 Å². The van der Waals surface area contributed by atoms with Gasteiger partial charge in [0.15, 0.2) is 5.03 Å². The summed E-state index contributed by atoms with van der Waals surface area (Å²) in [5.41, 5.74) is 16.4. The van der Waals surface area contributed by atoms with Crippen LogP contribution in [0.25, 0.3) is 0 Å². The number of carbonyl (C=O) groups excluding carboxylic acids is 6. The van der Waals surface area contributed by atoms with Crippen molar-refractivity contribution in [3.05, 3.63) is 10.1 Å². The number of aliphatic hydroxyl groups is 1. The second-order valence-electron chi connectivity index (χ2n) is 12.6. The minimum Gasteiger partial charge on any atom is -0.394 e. The number of hydrazone groups is 1. The maximum Gasteiger partial charge on any atom is 0.266 e. The first kappa shape index (κ1) is 44.4. The summed E-state index contributed by atoms with van der Waals surface area (Å²) in [6.07, 6.45) is 1.09. The van der Waals surface area contributed by atoms with Gasteiger partial charge >= 0.3 is 0 Å². The molecule has 0 aromatic rings. The summed E-state index contributed by atoms with van der Waals surface area (Å²) in [4.78, 5) is 87.3. The highest BCUT2D eigenvalue weighted by Crippen LogP contribution is 2.11. The molecular formula is C29H55N11O9. The fraction of sp³-hybridized carbons (Fsp3) is 0.759. The van der Waals surface area contributed by atoms with E-state index in [2.05, 4.69) is 37.0 Å². The number of nitrogens with two attached hydrogens (primary N) is 3. The van der Waals surface area contributed by atoms with E-state index in [0.29, 0.717) is 6.42 Å². The number of rotatable bonds is 23. The van der Waals surface area contributed by atoms with Gasteiger partial charge in [0.1, 0.15) is 35.3 Å². The third-order valence-electron chi connectivity index (χ3n) is 7.27. The molecule has 49 heavy (non-hydrogen) atoms. The molecular weight excluding hydrogens is 646 g/mol. The zero-order chi connectivity index (χ0) is 37.8. The number of primary amides is 1. The number of hydrogen-bond acceptors (Lipinski definition) is 10. The van der Waals surface area contributed by atoms with Gasteiger partial charge in [-0.15, -0.1) is 0 Å². The zero-order valence-corrected chi connectivity index (χ0v) is 29.1. The minimum absolute atomic E-state index is 0.00287. The Morgan fingerprint density at radius 1 is 0.796 bits per heavy atom. The molecule has 6 amide bonds. The van der Waals surface area contributed by atoms with Crippen molar-refractivity contribution in [1.29, 1.82) is 0 Å². The summed E-state index contributed by atoms with van der Waals surface area (Å²) in [6.45, 7) is 9.66. The van der Waals surface area contributed by atoms with E-state index in [1.807, 2.05) is 27.7 Å².